The molecular formula is C22H36N4O2S. The molecule has 0 bridgehead atoms. The Kier molecular flexibility index (Phi) is 7.24. The van der Waals surface area contributed by atoms with Gasteiger partial charge in [0.25, 0.3) is 0 Å². The van der Waals surface area contributed by atoms with Crippen molar-refractivity contribution >= 4 is 17.2 Å². The number of thiophene rings is 1. The third-order valence-electron chi connectivity index (χ3n) is 6.63. The molecule has 3 aliphatic rings. The van der Waals surface area contributed by atoms with E-state index in [1.807, 2.05) is 0 Å². The number of carbonyl (C=O) groups is 1. The van der Waals surface area contributed by atoms with Gasteiger partial charge in [0.05, 0.1) is 25.3 Å². The number of piperazine rings is 1. The van der Waals surface area contributed by atoms with Gasteiger partial charge in [-0.05, 0) is 38.1 Å². The average molecular weight is 421 g/mol. The first-order chi connectivity index (χ1) is 14.1. The minimum atomic E-state index is 0.302. The van der Waals surface area contributed by atoms with Gasteiger partial charge in [0.1, 0.15) is 0 Å². The molecule has 0 aromatic carbocycles. The summed E-state index contributed by atoms with van der Waals surface area (Å²) >= 11 is 1.78. The maximum Gasteiger partial charge on any atom is 0.237 e. The first kappa shape index (κ1) is 21.2. The lowest BCUT2D eigenvalue weighted by molar-refractivity contribution is -0.133. The topological polar surface area (TPSA) is 39.3 Å². The number of morpholine rings is 1. The van der Waals surface area contributed by atoms with Gasteiger partial charge in [-0.2, -0.15) is 0 Å². The SMILES string of the molecule is CC(C)N1CCOC(CN2CCN(CC(=O)N3CCCC3c3cccs3)CC2)C1. The molecule has 2 unspecified atom stereocenters. The van der Waals surface area contributed by atoms with E-state index in [4.69, 9.17) is 4.74 Å². The third kappa shape index (κ3) is 5.39. The van der Waals surface area contributed by atoms with Crippen molar-refractivity contribution in [2.45, 2.75) is 44.9 Å². The van der Waals surface area contributed by atoms with Crippen molar-refractivity contribution in [2.75, 3.05) is 65.5 Å². The van der Waals surface area contributed by atoms with Crippen LogP contribution < -0.4 is 0 Å². The molecule has 29 heavy (non-hydrogen) atoms. The standard InChI is InChI=1S/C22H36N4O2S/c1-18(2)25-12-13-28-19(16-25)15-23-8-10-24(11-9-23)17-22(27)26-7-3-5-20(26)21-6-4-14-29-21/h4,6,14,18-20H,3,5,7-13,15-17H2,1-2H3. The number of amides is 1. The van der Waals surface area contributed by atoms with Gasteiger partial charge in [-0.3, -0.25) is 19.5 Å². The Morgan fingerprint density at radius 3 is 2.69 bits per heavy atom. The van der Waals surface area contributed by atoms with E-state index in [9.17, 15) is 4.79 Å². The van der Waals surface area contributed by atoms with Gasteiger partial charge in [0.15, 0.2) is 0 Å². The monoisotopic (exact) mass is 420 g/mol. The third-order valence-corrected chi connectivity index (χ3v) is 7.60. The molecule has 4 rings (SSSR count). The number of rotatable bonds is 6. The van der Waals surface area contributed by atoms with E-state index in [1.165, 1.54) is 4.88 Å². The van der Waals surface area contributed by atoms with E-state index in [0.717, 1.165) is 71.8 Å². The molecule has 4 heterocycles. The van der Waals surface area contributed by atoms with E-state index in [-0.39, 0.29) is 0 Å². The summed E-state index contributed by atoms with van der Waals surface area (Å²) in [5.41, 5.74) is 0. The molecule has 3 fully saturated rings. The number of hydrogen-bond acceptors (Lipinski definition) is 6. The molecule has 6 nitrogen and oxygen atoms in total. The zero-order chi connectivity index (χ0) is 20.2. The van der Waals surface area contributed by atoms with Gasteiger partial charge in [-0.25, -0.2) is 0 Å². The van der Waals surface area contributed by atoms with Crippen molar-refractivity contribution in [3.8, 4) is 0 Å². The zero-order valence-electron chi connectivity index (χ0n) is 18.0. The van der Waals surface area contributed by atoms with E-state index in [0.29, 0.717) is 30.6 Å². The number of ether oxygens (including phenoxy) is 1. The predicted molar refractivity (Wildman–Crippen MR) is 117 cm³/mol. The molecule has 0 radical (unpaired) electrons. The van der Waals surface area contributed by atoms with Crippen molar-refractivity contribution in [1.29, 1.82) is 0 Å². The maximum atomic E-state index is 13.0. The first-order valence-electron chi connectivity index (χ1n) is 11.2. The molecule has 3 aliphatic heterocycles. The van der Waals surface area contributed by atoms with Gasteiger partial charge in [0.2, 0.25) is 5.91 Å². The second-order valence-electron chi connectivity index (χ2n) is 8.92. The van der Waals surface area contributed by atoms with Crippen molar-refractivity contribution in [2.24, 2.45) is 0 Å². The zero-order valence-corrected chi connectivity index (χ0v) is 18.8. The molecule has 1 aromatic rings. The van der Waals surface area contributed by atoms with Crippen molar-refractivity contribution in [3.63, 3.8) is 0 Å². The second-order valence-corrected chi connectivity index (χ2v) is 9.90. The first-order valence-corrected chi connectivity index (χ1v) is 12.1. The Hall–Kier alpha value is -0.990. The Balaban J connectivity index is 1.21. The summed E-state index contributed by atoms with van der Waals surface area (Å²) < 4.78 is 6.01. The lowest BCUT2D eigenvalue weighted by Crippen LogP contribution is -2.54. The quantitative estimate of drug-likeness (QED) is 0.705. The fourth-order valence-corrected chi connectivity index (χ4v) is 5.74. The molecule has 3 saturated heterocycles. The highest BCUT2D eigenvalue weighted by atomic mass is 32.1. The van der Waals surface area contributed by atoms with Crippen LogP contribution in [0.5, 0.6) is 0 Å². The Labute approximate surface area is 179 Å². The lowest BCUT2D eigenvalue weighted by Gasteiger charge is -2.40. The van der Waals surface area contributed by atoms with Crippen LogP contribution in [0.25, 0.3) is 0 Å². The van der Waals surface area contributed by atoms with Crippen LogP contribution in [0.1, 0.15) is 37.6 Å². The second kappa shape index (κ2) is 9.88. The number of nitrogens with zero attached hydrogens (tertiary/aromatic N) is 4. The van der Waals surface area contributed by atoms with Crippen LogP contribution in [0.2, 0.25) is 0 Å². The fraction of sp³-hybridized carbons (Fsp3) is 0.773. The molecule has 7 heteroatoms. The van der Waals surface area contributed by atoms with Gasteiger partial charge < -0.3 is 9.64 Å². The fourth-order valence-electron chi connectivity index (χ4n) is 4.86. The number of likely N-dealkylation sites (tertiary alicyclic amines) is 1. The maximum absolute atomic E-state index is 13.0. The highest BCUT2D eigenvalue weighted by Gasteiger charge is 2.32. The number of hydrogen-bond donors (Lipinski definition) is 0. The van der Waals surface area contributed by atoms with E-state index >= 15 is 0 Å². The lowest BCUT2D eigenvalue weighted by atomic mass is 10.2. The van der Waals surface area contributed by atoms with Crippen LogP contribution in [-0.2, 0) is 9.53 Å². The highest BCUT2D eigenvalue weighted by molar-refractivity contribution is 7.10. The summed E-state index contributed by atoms with van der Waals surface area (Å²) in [6.07, 6.45) is 2.54. The van der Waals surface area contributed by atoms with Crippen LogP contribution in [-0.4, -0.2) is 103 Å². The number of carbonyl (C=O) groups excluding carboxylic acids is 1. The molecule has 0 spiro atoms. The summed E-state index contributed by atoms with van der Waals surface area (Å²) in [4.78, 5) is 23.8. The van der Waals surface area contributed by atoms with E-state index < -0.39 is 0 Å². The van der Waals surface area contributed by atoms with E-state index in [2.05, 4.69) is 51.0 Å². The van der Waals surface area contributed by atoms with Crippen LogP contribution in [0, 0.1) is 0 Å². The normalized spacial score (nSPS) is 27.8. The summed E-state index contributed by atoms with van der Waals surface area (Å²) in [7, 11) is 0. The summed E-state index contributed by atoms with van der Waals surface area (Å²) in [6.45, 7) is 14.0. The molecule has 0 N–H and O–H groups in total. The average Bonchev–Trinajstić information content (AvgIpc) is 3.41. The van der Waals surface area contributed by atoms with Crippen LogP contribution in [0.3, 0.4) is 0 Å². The van der Waals surface area contributed by atoms with Crippen LogP contribution in [0.15, 0.2) is 17.5 Å². The molecule has 162 valence electrons. The Bertz CT molecular complexity index is 645. The smallest absolute Gasteiger partial charge is 0.237 e. The summed E-state index contributed by atoms with van der Waals surface area (Å²) in [5.74, 6) is 0.303. The predicted octanol–water partition coefficient (Wildman–Crippen LogP) is 2.14. The minimum Gasteiger partial charge on any atom is -0.374 e. The van der Waals surface area contributed by atoms with E-state index in [1.54, 1.807) is 11.3 Å². The summed E-state index contributed by atoms with van der Waals surface area (Å²) in [5, 5.41) is 2.12. The van der Waals surface area contributed by atoms with Crippen molar-refractivity contribution < 1.29 is 9.53 Å². The largest absolute Gasteiger partial charge is 0.374 e. The molecule has 1 amide bonds. The van der Waals surface area contributed by atoms with Gasteiger partial charge in [-0.15, -0.1) is 11.3 Å². The Morgan fingerprint density at radius 1 is 1.17 bits per heavy atom. The van der Waals surface area contributed by atoms with Crippen molar-refractivity contribution in [1.82, 2.24) is 19.6 Å². The molecule has 0 saturated carbocycles. The highest BCUT2D eigenvalue weighted by Crippen LogP contribution is 2.34. The van der Waals surface area contributed by atoms with Crippen LogP contribution >= 0.6 is 11.3 Å². The van der Waals surface area contributed by atoms with Gasteiger partial charge >= 0.3 is 0 Å². The Morgan fingerprint density at radius 2 is 1.97 bits per heavy atom. The van der Waals surface area contributed by atoms with Gasteiger partial charge in [-0.1, -0.05) is 6.07 Å². The van der Waals surface area contributed by atoms with Crippen LogP contribution in [0.4, 0.5) is 0 Å². The minimum absolute atomic E-state index is 0.302. The molecule has 0 aliphatic carbocycles. The molecular weight excluding hydrogens is 384 g/mol. The summed E-state index contributed by atoms with van der Waals surface area (Å²) in [6, 6.07) is 5.16. The van der Waals surface area contributed by atoms with Gasteiger partial charge in [0, 0.05) is 63.3 Å². The van der Waals surface area contributed by atoms with Crippen molar-refractivity contribution in [3.05, 3.63) is 22.4 Å². The molecule has 1 aromatic heterocycles. The molecule has 2 atom stereocenters.